The van der Waals surface area contributed by atoms with Gasteiger partial charge in [0.1, 0.15) is 0 Å². The highest BCUT2D eigenvalue weighted by Crippen LogP contribution is 2.08. The predicted octanol–water partition coefficient (Wildman–Crippen LogP) is 0.757. The topological polar surface area (TPSA) is 42.2 Å². The molecule has 0 spiro atoms. The SMILES string of the molecule is CNCc1cccc2c(C)nnn12. The van der Waals surface area contributed by atoms with Crippen LogP contribution >= 0.6 is 0 Å². The first-order valence-corrected chi connectivity index (χ1v) is 4.27. The molecule has 4 nitrogen and oxygen atoms in total. The van der Waals surface area contributed by atoms with Crippen molar-refractivity contribution in [3.8, 4) is 0 Å². The Kier molecular flexibility index (Phi) is 1.98. The zero-order chi connectivity index (χ0) is 9.26. The Bertz CT molecular complexity index is 418. The van der Waals surface area contributed by atoms with Crippen LogP contribution in [0.2, 0.25) is 0 Å². The van der Waals surface area contributed by atoms with E-state index in [2.05, 4.69) is 15.6 Å². The summed E-state index contributed by atoms with van der Waals surface area (Å²) in [6.45, 7) is 2.77. The van der Waals surface area contributed by atoms with Crippen LogP contribution in [-0.4, -0.2) is 21.9 Å². The summed E-state index contributed by atoms with van der Waals surface area (Å²) in [4.78, 5) is 0. The van der Waals surface area contributed by atoms with Crippen LogP contribution in [0.25, 0.3) is 5.52 Å². The molecule has 2 heterocycles. The van der Waals surface area contributed by atoms with E-state index in [1.54, 1.807) is 0 Å². The molecule has 13 heavy (non-hydrogen) atoms. The van der Waals surface area contributed by atoms with E-state index < -0.39 is 0 Å². The van der Waals surface area contributed by atoms with Crippen molar-refractivity contribution < 1.29 is 0 Å². The zero-order valence-corrected chi connectivity index (χ0v) is 7.78. The van der Waals surface area contributed by atoms with E-state index in [4.69, 9.17) is 0 Å². The molecule has 1 N–H and O–H groups in total. The van der Waals surface area contributed by atoms with Gasteiger partial charge < -0.3 is 5.32 Å². The van der Waals surface area contributed by atoms with E-state index in [9.17, 15) is 0 Å². The fourth-order valence-electron chi connectivity index (χ4n) is 1.40. The highest BCUT2D eigenvalue weighted by molar-refractivity contribution is 5.50. The summed E-state index contributed by atoms with van der Waals surface area (Å²) in [5.41, 5.74) is 3.17. The first-order chi connectivity index (χ1) is 6.33. The Morgan fingerprint density at radius 2 is 2.31 bits per heavy atom. The van der Waals surface area contributed by atoms with Crippen LogP contribution in [0.3, 0.4) is 0 Å². The summed E-state index contributed by atoms with van der Waals surface area (Å²) in [6, 6.07) is 6.09. The van der Waals surface area contributed by atoms with Crippen molar-refractivity contribution in [1.82, 2.24) is 20.1 Å². The molecule has 0 unspecified atom stereocenters. The Balaban J connectivity index is 2.63. The maximum Gasteiger partial charge on any atom is 0.0898 e. The van der Waals surface area contributed by atoms with Gasteiger partial charge in [-0.05, 0) is 26.1 Å². The number of aromatic nitrogens is 3. The van der Waals surface area contributed by atoms with Crippen LogP contribution in [0.15, 0.2) is 18.2 Å². The monoisotopic (exact) mass is 176 g/mol. The molecular formula is C9H12N4. The maximum atomic E-state index is 4.06. The molecule has 0 saturated heterocycles. The summed E-state index contributed by atoms with van der Waals surface area (Å²) in [5.74, 6) is 0. The Hall–Kier alpha value is -1.42. The lowest BCUT2D eigenvalue weighted by atomic mass is 10.3. The quantitative estimate of drug-likeness (QED) is 0.734. The highest BCUT2D eigenvalue weighted by Gasteiger charge is 2.03. The molecule has 0 aliphatic rings. The molecule has 0 fully saturated rings. The van der Waals surface area contributed by atoms with Gasteiger partial charge in [-0.15, -0.1) is 5.10 Å². The van der Waals surface area contributed by atoms with Gasteiger partial charge in [-0.2, -0.15) is 0 Å². The third kappa shape index (κ3) is 1.29. The number of fused-ring (bicyclic) bond motifs is 1. The van der Waals surface area contributed by atoms with Crippen molar-refractivity contribution >= 4 is 5.52 Å². The first kappa shape index (κ1) is 8.19. The van der Waals surface area contributed by atoms with Crippen molar-refractivity contribution in [2.75, 3.05) is 7.05 Å². The van der Waals surface area contributed by atoms with Gasteiger partial charge >= 0.3 is 0 Å². The molecule has 68 valence electrons. The number of hydrogen-bond acceptors (Lipinski definition) is 3. The van der Waals surface area contributed by atoms with Gasteiger partial charge in [0.2, 0.25) is 0 Å². The average molecular weight is 176 g/mol. The van der Waals surface area contributed by atoms with Crippen molar-refractivity contribution in [2.24, 2.45) is 0 Å². The normalized spacial score (nSPS) is 10.9. The summed E-state index contributed by atoms with van der Waals surface area (Å²) in [6.07, 6.45) is 0. The van der Waals surface area contributed by atoms with Gasteiger partial charge in [-0.1, -0.05) is 11.3 Å². The second-order valence-corrected chi connectivity index (χ2v) is 3.02. The zero-order valence-electron chi connectivity index (χ0n) is 7.78. The van der Waals surface area contributed by atoms with Crippen molar-refractivity contribution in [1.29, 1.82) is 0 Å². The van der Waals surface area contributed by atoms with Gasteiger partial charge in [0.15, 0.2) is 0 Å². The van der Waals surface area contributed by atoms with Crippen molar-refractivity contribution in [3.63, 3.8) is 0 Å². The minimum Gasteiger partial charge on any atom is -0.314 e. The molecule has 0 atom stereocenters. The van der Waals surface area contributed by atoms with E-state index in [1.807, 2.05) is 36.7 Å². The molecule has 0 amide bonds. The lowest BCUT2D eigenvalue weighted by Crippen LogP contribution is -2.09. The Morgan fingerprint density at radius 3 is 3.08 bits per heavy atom. The molecule has 0 aromatic carbocycles. The molecule has 2 aromatic heterocycles. The fraction of sp³-hybridized carbons (Fsp3) is 0.333. The standard InChI is InChI=1S/C9H12N4/c1-7-9-5-3-4-8(6-10-2)13(9)12-11-7/h3-5,10H,6H2,1-2H3. The molecule has 4 heteroatoms. The number of pyridine rings is 1. The predicted molar refractivity (Wildman–Crippen MR) is 50.5 cm³/mol. The van der Waals surface area contributed by atoms with Gasteiger partial charge in [0.25, 0.3) is 0 Å². The van der Waals surface area contributed by atoms with Gasteiger partial charge in [0, 0.05) is 6.54 Å². The van der Waals surface area contributed by atoms with Crippen LogP contribution in [0.4, 0.5) is 0 Å². The summed E-state index contributed by atoms with van der Waals surface area (Å²) in [7, 11) is 1.92. The first-order valence-electron chi connectivity index (χ1n) is 4.27. The largest absolute Gasteiger partial charge is 0.314 e. The Labute approximate surface area is 76.6 Å². The number of hydrogen-bond donors (Lipinski definition) is 1. The summed E-state index contributed by atoms with van der Waals surface area (Å²) in [5, 5.41) is 11.2. The van der Waals surface area contributed by atoms with Crippen LogP contribution in [0.5, 0.6) is 0 Å². The third-order valence-corrected chi connectivity index (χ3v) is 2.06. The molecule has 0 aliphatic carbocycles. The molecular weight excluding hydrogens is 164 g/mol. The molecule has 0 aliphatic heterocycles. The van der Waals surface area contributed by atoms with Crippen molar-refractivity contribution in [3.05, 3.63) is 29.6 Å². The number of nitrogens with zero attached hydrogens (tertiary/aromatic N) is 3. The Morgan fingerprint density at radius 1 is 1.46 bits per heavy atom. The average Bonchev–Trinajstić information content (AvgIpc) is 2.50. The molecule has 2 rings (SSSR count). The fourth-order valence-corrected chi connectivity index (χ4v) is 1.40. The van der Waals surface area contributed by atoms with Crippen molar-refractivity contribution in [2.45, 2.75) is 13.5 Å². The van der Waals surface area contributed by atoms with E-state index >= 15 is 0 Å². The van der Waals surface area contributed by atoms with Gasteiger partial charge in [-0.25, -0.2) is 4.52 Å². The molecule has 0 bridgehead atoms. The second kappa shape index (κ2) is 3.14. The minimum atomic E-state index is 0.806. The lowest BCUT2D eigenvalue weighted by Gasteiger charge is -2.01. The van der Waals surface area contributed by atoms with E-state index in [0.29, 0.717) is 0 Å². The number of rotatable bonds is 2. The molecule has 0 radical (unpaired) electrons. The minimum absolute atomic E-state index is 0.806. The highest BCUT2D eigenvalue weighted by atomic mass is 15.4. The van der Waals surface area contributed by atoms with Gasteiger partial charge in [-0.3, -0.25) is 0 Å². The lowest BCUT2D eigenvalue weighted by molar-refractivity contribution is 0.725. The maximum absolute atomic E-state index is 4.06. The smallest absolute Gasteiger partial charge is 0.0898 e. The molecule has 2 aromatic rings. The van der Waals surface area contributed by atoms with Crippen LogP contribution < -0.4 is 5.32 Å². The number of nitrogens with one attached hydrogen (secondary N) is 1. The summed E-state index contributed by atoms with van der Waals surface area (Å²) >= 11 is 0. The van der Waals surface area contributed by atoms with E-state index in [0.717, 1.165) is 23.4 Å². The van der Waals surface area contributed by atoms with Crippen LogP contribution in [-0.2, 0) is 6.54 Å². The van der Waals surface area contributed by atoms with Crippen LogP contribution in [0, 0.1) is 6.92 Å². The summed E-state index contributed by atoms with van der Waals surface area (Å²) < 4.78 is 1.87. The van der Waals surface area contributed by atoms with E-state index in [1.165, 1.54) is 0 Å². The second-order valence-electron chi connectivity index (χ2n) is 3.02. The molecule has 0 saturated carbocycles. The van der Waals surface area contributed by atoms with Gasteiger partial charge in [0.05, 0.1) is 16.9 Å². The third-order valence-electron chi connectivity index (χ3n) is 2.06. The van der Waals surface area contributed by atoms with E-state index in [-0.39, 0.29) is 0 Å². The number of aryl methyl sites for hydroxylation is 1. The van der Waals surface area contributed by atoms with Crippen LogP contribution in [0.1, 0.15) is 11.4 Å².